The lowest BCUT2D eigenvalue weighted by Crippen LogP contribution is -3.00. The number of halogens is 1. The standard InChI is InChI=1S/C20H31NO3.ClH/c1-15(18(22)16-7-5-4-6-8-16)21-17-9-11-20(12-10-17)23-13-19(2,3)14-24-20;/h4-8,15,17-18,21-22H,9-14H2,1-3H3;1H. The fourth-order valence-corrected chi connectivity index (χ4v) is 3.79. The molecule has 0 amide bonds. The number of benzene rings is 1. The number of aliphatic hydroxyl groups is 1. The molecule has 1 spiro atoms. The number of ether oxygens (including phenoxy) is 2. The first-order valence-electron chi connectivity index (χ1n) is 9.25. The van der Waals surface area contributed by atoms with Crippen molar-refractivity contribution in [2.24, 2.45) is 5.41 Å². The first kappa shape index (κ1) is 20.7. The van der Waals surface area contributed by atoms with Gasteiger partial charge in [0.1, 0.15) is 12.1 Å². The highest BCUT2D eigenvalue weighted by Gasteiger charge is 2.44. The van der Waals surface area contributed by atoms with Crippen LogP contribution in [0.3, 0.4) is 0 Å². The molecule has 3 rings (SSSR count). The van der Waals surface area contributed by atoms with Crippen molar-refractivity contribution in [1.29, 1.82) is 0 Å². The molecule has 1 aromatic rings. The van der Waals surface area contributed by atoms with Crippen LogP contribution in [0, 0.1) is 5.41 Å². The van der Waals surface area contributed by atoms with Gasteiger partial charge < -0.3 is 32.3 Å². The van der Waals surface area contributed by atoms with Gasteiger partial charge in [-0.2, -0.15) is 0 Å². The molecule has 0 radical (unpaired) electrons. The Morgan fingerprint density at radius 1 is 1.08 bits per heavy atom. The lowest BCUT2D eigenvalue weighted by atomic mass is 9.86. The highest BCUT2D eigenvalue weighted by molar-refractivity contribution is 5.17. The van der Waals surface area contributed by atoms with Crippen molar-refractivity contribution >= 4 is 0 Å². The maximum Gasteiger partial charge on any atom is 0.168 e. The van der Waals surface area contributed by atoms with Gasteiger partial charge >= 0.3 is 0 Å². The monoisotopic (exact) mass is 369 g/mol. The molecule has 2 aliphatic rings. The van der Waals surface area contributed by atoms with Crippen LogP contribution in [0.2, 0.25) is 0 Å². The minimum atomic E-state index is -0.426. The molecule has 2 unspecified atom stereocenters. The van der Waals surface area contributed by atoms with Crippen LogP contribution in [-0.2, 0) is 9.47 Å². The van der Waals surface area contributed by atoms with Crippen molar-refractivity contribution < 1.29 is 32.3 Å². The Balaban J connectivity index is 0.00000225. The van der Waals surface area contributed by atoms with E-state index in [4.69, 9.17) is 9.47 Å². The number of rotatable bonds is 4. The fourth-order valence-electron chi connectivity index (χ4n) is 3.79. The Bertz CT molecular complexity index is 517. The zero-order chi connectivity index (χ0) is 17.2. The van der Waals surface area contributed by atoms with Gasteiger partial charge in [-0.25, -0.2) is 0 Å². The van der Waals surface area contributed by atoms with E-state index in [0.29, 0.717) is 6.04 Å². The second-order valence-electron chi connectivity index (χ2n) is 8.40. The summed E-state index contributed by atoms with van der Waals surface area (Å²) in [5.41, 5.74) is 1.12. The van der Waals surface area contributed by atoms with Gasteiger partial charge in [-0.05, 0) is 12.5 Å². The highest BCUT2D eigenvalue weighted by atomic mass is 35.5. The molecule has 5 heteroatoms. The van der Waals surface area contributed by atoms with Crippen LogP contribution >= 0.6 is 0 Å². The van der Waals surface area contributed by atoms with E-state index in [0.717, 1.165) is 44.5 Å². The molecular formula is C20H32ClNO3. The van der Waals surface area contributed by atoms with Crippen molar-refractivity contribution in [2.75, 3.05) is 13.2 Å². The topological polar surface area (TPSA) is 55.3 Å². The molecule has 1 aliphatic carbocycles. The molecule has 142 valence electrons. The smallest absolute Gasteiger partial charge is 0.168 e. The summed E-state index contributed by atoms with van der Waals surface area (Å²) in [6, 6.07) is 10.6. The van der Waals surface area contributed by atoms with Gasteiger partial charge in [-0.3, -0.25) is 0 Å². The van der Waals surface area contributed by atoms with Crippen LogP contribution in [-0.4, -0.2) is 36.2 Å². The second-order valence-corrected chi connectivity index (χ2v) is 8.40. The summed E-state index contributed by atoms with van der Waals surface area (Å²) in [7, 11) is 0. The fraction of sp³-hybridized carbons (Fsp3) is 0.700. The average molecular weight is 370 g/mol. The van der Waals surface area contributed by atoms with Crippen molar-refractivity contribution in [1.82, 2.24) is 0 Å². The molecule has 0 bridgehead atoms. The Morgan fingerprint density at radius 3 is 2.20 bits per heavy atom. The molecule has 2 atom stereocenters. The summed E-state index contributed by atoms with van der Waals surface area (Å²) in [5, 5.41) is 12.9. The predicted molar refractivity (Wildman–Crippen MR) is 93.5 cm³/mol. The molecule has 1 aliphatic heterocycles. The Morgan fingerprint density at radius 2 is 1.64 bits per heavy atom. The van der Waals surface area contributed by atoms with Gasteiger partial charge in [-0.1, -0.05) is 44.2 Å². The van der Waals surface area contributed by atoms with Gasteiger partial charge in [0.15, 0.2) is 5.79 Å². The molecular weight excluding hydrogens is 338 g/mol. The van der Waals surface area contributed by atoms with Crippen LogP contribution < -0.4 is 17.7 Å². The SMILES string of the molecule is CC([NH2+]C1CCC2(CC1)OCC(C)(C)CO2)C(O)c1ccccc1.[Cl-]. The maximum absolute atomic E-state index is 10.5. The van der Waals surface area contributed by atoms with E-state index in [-0.39, 0.29) is 29.7 Å². The quantitative estimate of drug-likeness (QED) is 0.744. The first-order chi connectivity index (χ1) is 11.4. The number of hydrogen-bond acceptors (Lipinski definition) is 3. The predicted octanol–water partition coefficient (Wildman–Crippen LogP) is -0.612. The number of quaternary nitrogens is 1. The molecule has 4 nitrogen and oxygen atoms in total. The summed E-state index contributed by atoms with van der Waals surface area (Å²) in [5.74, 6) is -0.346. The third kappa shape index (κ3) is 5.18. The summed E-state index contributed by atoms with van der Waals surface area (Å²) in [6.45, 7) is 8.05. The van der Waals surface area contributed by atoms with E-state index in [9.17, 15) is 5.11 Å². The van der Waals surface area contributed by atoms with Crippen molar-refractivity contribution in [3.63, 3.8) is 0 Å². The Hall–Kier alpha value is -0.650. The van der Waals surface area contributed by atoms with Crippen LogP contribution in [0.5, 0.6) is 0 Å². The van der Waals surface area contributed by atoms with E-state index in [1.807, 2.05) is 30.3 Å². The van der Waals surface area contributed by atoms with Crippen LogP contribution in [0.25, 0.3) is 0 Å². The van der Waals surface area contributed by atoms with Gasteiger partial charge in [0, 0.05) is 31.1 Å². The van der Waals surface area contributed by atoms with Gasteiger partial charge in [0.2, 0.25) is 0 Å². The van der Waals surface area contributed by atoms with E-state index in [1.54, 1.807) is 0 Å². The normalized spacial score (nSPS) is 25.1. The van der Waals surface area contributed by atoms with Crippen molar-refractivity contribution in [2.45, 2.75) is 70.4 Å². The van der Waals surface area contributed by atoms with Crippen LogP contribution in [0.4, 0.5) is 0 Å². The van der Waals surface area contributed by atoms with E-state index in [2.05, 4.69) is 26.1 Å². The summed E-state index contributed by atoms with van der Waals surface area (Å²) in [6.07, 6.45) is 3.64. The molecule has 1 aromatic carbocycles. The summed E-state index contributed by atoms with van der Waals surface area (Å²) >= 11 is 0. The average Bonchev–Trinajstić information content (AvgIpc) is 2.60. The summed E-state index contributed by atoms with van der Waals surface area (Å²) in [4.78, 5) is 0. The minimum absolute atomic E-state index is 0. The highest BCUT2D eigenvalue weighted by Crippen LogP contribution is 2.38. The number of aliphatic hydroxyl groups excluding tert-OH is 1. The minimum Gasteiger partial charge on any atom is -1.00 e. The van der Waals surface area contributed by atoms with E-state index >= 15 is 0 Å². The van der Waals surface area contributed by atoms with E-state index < -0.39 is 6.10 Å². The first-order valence-corrected chi connectivity index (χ1v) is 9.25. The molecule has 25 heavy (non-hydrogen) atoms. The van der Waals surface area contributed by atoms with Crippen LogP contribution in [0.1, 0.15) is 58.1 Å². The molecule has 1 saturated carbocycles. The van der Waals surface area contributed by atoms with Crippen molar-refractivity contribution in [3.05, 3.63) is 35.9 Å². The van der Waals surface area contributed by atoms with Crippen LogP contribution in [0.15, 0.2) is 30.3 Å². The molecule has 0 aromatic heterocycles. The van der Waals surface area contributed by atoms with Gasteiger partial charge in [-0.15, -0.1) is 0 Å². The number of nitrogens with two attached hydrogens (primary N) is 1. The van der Waals surface area contributed by atoms with Gasteiger partial charge in [0.05, 0.1) is 19.3 Å². The molecule has 1 heterocycles. The molecule has 1 saturated heterocycles. The third-order valence-corrected chi connectivity index (χ3v) is 5.46. The zero-order valence-corrected chi connectivity index (χ0v) is 16.3. The maximum atomic E-state index is 10.5. The Kier molecular flexibility index (Phi) is 6.91. The van der Waals surface area contributed by atoms with E-state index in [1.165, 1.54) is 0 Å². The Labute approximate surface area is 157 Å². The molecule has 3 N–H and O–H groups in total. The van der Waals surface area contributed by atoms with Gasteiger partial charge in [0.25, 0.3) is 0 Å². The number of hydrogen-bond donors (Lipinski definition) is 2. The second kappa shape index (κ2) is 8.36. The summed E-state index contributed by atoms with van der Waals surface area (Å²) < 4.78 is 12.2. The largest absolute Gasteiger partial charge is 1.00 e. The molecule has 2 fully saturated rings. The lowest BCUT2D eigenvalue weighted by molar-refractivity contribution is -0.729. The zero-order valence-electron chi connectivity index (χ0n) is 15.6. The lowest BCUT2D eigenvalue weighted by Gasteiger charge is -2.46. The third-order valence-electron chi connectivity index (χ3n) is 5.46. The van der Waals surface area contributed by atoms with Crippen molar-refractivity contribution in [3.8, 4) is 0 Å².